The molecule has 0 amide bonds. The second-order valence-electron chi connectivity index (χ2n) is 4.66. The lowest BCUT2D eigenvalue weighted by Crippen LogP contribution is -2.06. The van der Waals surface area contributed by atoms with Crippen molar-refractivity contribution >= 4 is 0 Å². The Labute approximate surface area is 115 Å². The molecule has 2 aromatic rings. The molecule has 4 heteroatoms. The molecule has 1 unspecified atom stereocenters. The van der Waals surface area contributed by atoms with E-state index in [2.05, 4.69) is 0 Å². The summed E-state index contributed by atoms with van der Waals surface area (Å²) < 4.78 is 37.3. The van der Waals surface area contributed by atoms with Crippen LogP contribution in [0.25, 0.3) is 0 Å². The molecule has 0 heterocycles. The van der Waals surface area contributed by atoms with Gasteiger partial charge in [0.25, 0.3) is 0 Å². The van der Waals surface area contributed by atoms with Crippen molar-refractivity contribution in [2.45, 2.75) is 25.1 Å². The van der Waals surface area contributed by atoms with E-state index in [0.717, 1.165) is 17.7 Å². The molecule has 0 aliphatic heterocycles. The molecule has 1 N–H and O–H groups in total. The number of aliphatic hydroxyl groups excluding tert-OH is 1. The van der Waals surface area contributed by atoms with Crippen LogP contribution in [0.3, 0.4) is 0 Å². The lowest BCUT2D eigenvalue weighted by atomic mass is 10.0. The number of benzene rings is 2. The first-order valence-electron chi connectivity index (χ1n) is 6.36. The Morgan fingerprint density at radius 2 is 1.50 bits per heavy atom. The van der Waals surface area contributed by atoms with Crippen LogP contribution in [0, 0.1) is 0 Å². The second-order valence-corrected chi connectivity index (χ2v) is 4.66. The van der Waals surface area contributed by atoms with E-state index in [4.69, 9.17) is 0 Å². The number of aryl methyl sites for hydroxylation is 1. The first kappa shape index (κ1) is 14.6. The van der Waals surface area contributed by atoms with Gasteiger partial charge in [0, 0.05) is 0 Å². The Hall–Kier alpha value is -1.81. The Morgan fingerprint density at radius 3 is 2.05 bits per heavy atom. The molecule has 0 saturated carbocycles. The fourth-order valence-corrected chi connectivity index (χ4v) is 2.01. The minimum absolute atomic E-state index is 0.482. The lowest BCUT2D eigenvalue weighted by molar-refractivity contribution is -0.137. The SMILES string of the molecule is OC(CCc1ccccc1)c1ccc(C(F)(F)F)cc1. The zero-order chi connectivity index (χ0) is 14.6. The summed E-state index contributed by atoms with van der Waals surface area (Å²) in [5, 5.41) is 9.99. The minimum Gasteiger partial charge on any atom is -0.388 e. The van der Waals surface area contributed by atoms with Crippen LogP contribution in [-0.4, -0.2) is 5.11 Å². The lowest BCUT2D eigenvalue weighted by Gasteiger charge is -2.12. The van der Waals surface area contributed by atoms with Gasteiger partial charge >= 0.3 is 6.18 Å². The third kappa shape index (κ3) is 3.84. The van der Waals surface area contributed by atoms with Gasteiger partial charge in [-0.05, 0) is 36.1 Å². The first-order valence-corrected chi connectivity index (χ1v) is 6.36. The molecule has 0 aliphatic rings. The van der Waals surface area contributed by atoms with Crippen LogP contribution in [0.2, 0.25) is 0 Å². The fourth-order valence-electron chi connectivity index (χ4n) is 2.01. The van der Waals surface area contributed by atoms with E-state index in [9.17, 15) is 18.3 Å². The molecule has 1 atom stereocenters. The molecular weight excluding hydrogens is 265 g/mol. The van der Waals surface area contributed by atoms with Crippen LogP contribution in [-0.2, 0) is 12.6 Å². The maximum absolute atomic E-state index is 12.4. The number of halogens is 3. The van der Waals surface area contributed by atoms with Crippen LogP contribution in [0.4, 0.5) is 13.2 Å². The highest BCUT2D eigenvalue weighted by Gasteiger charge is 2.30. The van der Waals surface area contributed by atoms with Gasteiger partial charge in [-0.15, -0.1) is 0 Å². The van der Waals surface area contributed by atoms with Crippen molar-refractivity contribution in [1.29, 1.82) is 0 Å². The Morgan fingerprint density at radius 1 is 0.900 bits per heavy atom. The smallest absolute Gasteiger partial charge is 0.388 e. The highest BCUT2D eigenvalue weighted by atomic mass is 19.4. The van der Waals surface area contributed by atoms with Gasteiger partial charge in [0.05, 0.1) is 11.7 Å². The van der Waals surface area contributed by atoms with Crippen molar-refractivity contribution in [1.82, 2.24) is 0 Å². The predicted molar refractivity (Wildman–Crippen MR) is 71.2 cm³/mol. The van der Waals surface area contributed by atoms with Crippen LogP contribution in [0.1, 0.15) is 29.2 Å². The first-order chi connectivity index (χ1) is 9.47. The third-order valence-electron chi connectivity index (χ3n) is 3.17. The van der Waals surface area contributed by atoms with Gasteiger partial charge in [-0.1, -0.05) is 42.5 Å². The molecule has 0 saturated heterocycles. The van der Waals surface area contributed by atoms with Gasteiger partial charge in [-0.3, -0.25) is 0 Å². The molecular formula is C16H15F3O. The summed E-state index contributed by atoms with van der Waals surface area (Å²) in [5.74, 6) is 0. The van der Waals surface area contributed by atoms with Crippen LogP contribution in [0.5, 0.6) is 0 Å². The number of aliphatic hydroxyl groups is 1. The summed E-state index contributed by atoms with van der Waals surface area (Å²) >= 11 is 0. The average Bonchev–Trinajstić information content (AvgIpc) is 2.45. The highest BCUT2D eigenvalue weighted by molar-refractivity contribution is 5.26. The van der Waals surface area contributed by atoms with Crippen molar-refractivity contribution in [2.75, 3.05) is 0 Å². The summed E-state index contributed by atoms with van der Waals surface area (Å²) in [6.45, 7) is 0. The van der Waals surface area contributed by atoms with E-state index in [-0.39, 0.29) is 0 Å². The van der Waals surface area contributed by atoms with Gasteiger partial charge in [0.1, 0.15) is 0 Å². The van der Waals surface area contributed by atoms with E-state index in [1.807, 2.05) is 30.3 Å². The standard InChI is InChI=1S/C16H15F3O/c17-16(18,19)14-9-7-13(8-10-14)15(20)11-6-12-4-2-1-3-5-12/h1-5,7-10,15,20H,6,11H2. The van der Waals surface area contributed by atoms with Crippen molar-refractivity contribution < 1.29 is 18.3 Å². The van der Waals surface area contributed by atoms with Crippen molar-refractivity contribution in [3.63, 3.8) is 0 Å². The molecule has 2 aromatic carbocycles. The molecule has 0 radical (unpaired) electrons. The number of hydrogen-bond acceptors (Lipinski definition) is 1. The zero-order valence-corrected chi connectivity index (χ0v) is 10.8. The molecule has 2 rings (SSSR count). The van der Waals surface area contributed by atoms with Crippen molar-refractivity contribution in [2.24, 2.45) is 0 Å². The third-order valence-corrected chi connectivity index (χ3v) is 3.17. The quantitative estimate of drug-likeness (QED) is 0.881. The van der Waals surface area contributed by atoms with E-state index >= 15 is 0 Å². The van der Waals surface area contributed by atoms with Crippen LogP contribution < -0.4 is 0 Å². The van der Waals surface area contributed by atoms with E-state index in [1.165, 1.54) is 12.1 Å². The summed E-state index contributed by atoms with van der Waals surface area (Å²) in [4.78, 5) is 0. The van der Waals surface area contributed by atoms with Crippen LogP contribution >= 0.6 is 0 Å². The average molecular weight is 280 g/mol. The Kier molecular flexibility index (Phi) is 4.45. The van der Waals surface area contributed by atoms with Gasteiger partial charge in [0.2, 0.25) is 0 Å². The summed E-state index contributed by atoms with van der Waals surface area (Å²) in [5.41, 5.74) is 0.906. The normalized spacial score (nSPS) is 13.2. The molecule has 0 aromatic heterocycles. The monoisotopic (exact) mass is 280 g/mol. The maximum atomic E-state index is 12.4. The van der Waals surface area contributed by atoms with Gasteiger partial charge in [0.15, 0.2) is 0 Å². The molecule has 1 nitrogen and oxygen atoms in total. The minimum atomic E-state index is -4.34. The Balaban J connectivity index is 1.97. The summed E-state index contributed by atoms with van der Waals surface area (Å²) in [6.07, 6.45) is -3.93. The molecule has 0 spiro atoms. The molecule has 0 fully saturated rings. The second kappa shape index (κ2) is 6.09. The maximum Gasteiger partial charge on any atom is 0.416 e. The summed E-state index contributed by atoms with van der Waals surface area (Å²) in [7, 11) is 0. The predicted octanol–water partition coefficient (Wildman–Crippen LogP) is 4.37. The Bertz CT molecular complexity index is 532. The number of hydrogen-bond donors (Lipinski definition) is 1. The molecule has 0 bridgehead atoms. The largest absolute Gasteiger partial charge is 0.416 e. The number of alkyl halides is 3. The topological polar surface area (TPSA) is 20.2 Å². The summed E-state index contributed by atoms with van der Waals surface area (Å²) in [6, 6.07) is 14.3. The zero-order valence-electron chi connectivity index (χ0n) is 10.8. The fraction of sp³-hybridized carbons (Fsp3) is 0.250. The van der Waals surface area contributed by atoms with Gasteiger partial charge in [-0.2, -0.15) is 13.2 Å². The van der Waals surface area contributed by atoms with E-state index < -0.39 is 17.8 Å². The van der Waals surface area contributed by atoms with Crippen molar-refractivity contribution in [3.8, 4) is 0 Å². The van der Waals surface area contributed by atoms with Gasteiger partial charge in [-0.25, -0.2) is 0 Å². The van der Waals surface area contributed by atoms with E-state index in [0.29, 0.717) is 18.4 Å². The van der Waals surface area contributed by atoms with E-state index in [1.54, 1.807) is 0 Å². The molecule has 20 heavy (non-hydrogen) atoms. The van der Waals surface area contributed by atoms with Gasteiger partial charge < -0.3 is 5.11 Å². The number of rotatable bonds is 4. The van der Waals surface area contributed by atoms with Crippen LogP contribution in [0.15, 0.2) is 54.6 Å². The molecule has 106 valence electrons. The van der Waals surface area contributed by atoms with Crippen molar-refractivity contribution in [3.05, 3.63) is 71.3 Å². The highest BCUT2D eigenvalue weighted by Crippen LogP contribution is 2.30. The molecule has 0 aliphatic carbocycles.